The van der Waals surface area contributed by atoms with Gasteiger partial charge in [-0.3, -0.25) is 4.79 Å². The molecule has 0 aliphatic carbocycles. The molecule has 1 amide bonds. The summed E-state index contributed by atoms with van der Waals surface area (Å²) >= 11 is 1.31. The lowest BCUT2D eigenvalue weighted by Crippen LogP contribution is -2.29. The van der Waals surface area contributed by atoms with Crippen LogP contribution < -0.4 is 4.90 Å². The van der Waals surface area contributed by atoms with Crippen molar-refractivity contribution in [1.82, 2.24) is 15.1 Å². The Kier molecular flexibility index (Phi) is 5.96. The maximum atomic E-state index is 12.1. The Morgan fingerprint density at radius 1 is 1.16 bits per heavy atom. The number of aromatic nitrogens is 2. The van der Waals surface area contributed by atoms with Crippen LogP contribution in [0.1, 0.15) is 26.7 Å². The Bertz CT molecular complexity index is 691. The van der Waals surface area contributed by atoms with Crippen molar-refractivity contribution < 1.29 is 9.21 Å². The largest absolute Gasteiger partial charge is 0.411 e. The van der Waals surface area contributed by atoms with Crippen molar-refractivity contribution in [2.24, 2.45) is 0 Å². The van der Waals surface area contributed by atoms with E-state index in [1.54, 1.807) is 0 Å². The molecule has 0 saturated carbocycles. The summed E-state index contributed by atoms with van der Waals surface area (Å²) in [6.45, 7) is 7.97. The van der Waals surface area contributed by atoms with Gasteiger partial charge in [0.1, 0.15) is 0 Å². The highest BCUT2D eigenvalue weighted by atomic mass is 32.2. The summed E-state index contributed by atoms with van der Waals surface area (Å²) in [6, 6.07) is 8.11. The molecular weight excluding hydrogens is 336 g/mol. The number of carbonyl (C=O) groups is 1. The highest BCUT2D eigenvalue weighted by Gasteiger charge is 2.19. The zero-order chi connectivity index (χ0) is 17.6. The van der Waals surface area contributed by atoms with E-state index in [0.717, 1.165) is 44.6 Å². The van der Waals surface area contributed by atoms with Gasteiger partial charge in [-0.25, -0.2) is 0 Å². The van der Waals surface area contributed by atoms with Crippen LogP contribution in [0.3, 0.4) is 0 Å². The van der Waals surface area contributed by atoms with E-state index in [0.29, 0.717) is 16.9 Å². The molecule has 1 aromatic carbocycles. The summed E-state index contributed by atoms with van der Waals surface area (Å²) < 4.78 is 5.69. The van der Waals surface area contributed by atoms with Crippen molar-refractivity contribution >= 4 is 23.4 Å². The molecule has 25 heavy (non-hydrogen) atoms. The summed E-state index contributed by atoms with van der Waals surface area (Å²) in [4.78, 5) is 16.2. The molecule has 0 N–H and O–H groups in total. The molecule has 1 aliphatic heterocycles. The predicted octanol–water partition coefficient (Wildman–Crippen LogP) is 3.30. The van der Waals surface area contributed by atoms with Crippen molar-refractivity contribution in [3.05, 3.63) is 24.3 Å². The number of benzene rings is 1. The fourth-order valence-corrected chi connectivity index (χ4v) is 3.64. The predicted molar refractivity (Wildman–Crippen MR) is 99.8 cm³/mol. The highest BCUT2D eigenvalue weighted by molar-refractivity contribution is 7.99. The molecule has 2 heterocycles. The van der Waals surface area contributed by atoms with Crippen molar-refractivity contribution in [3.63, 3.8) is 0 Å². The van der Waals surface area contributed by atoms with Gasteiger partial charge in [0.25, 0.3) is 5.22 Å². The number of hydrogen-bond donors (Lipinski definition) is 0. The molecule has 2 aromatic rings. The van der Waals surface area contributed by atoms with Crippen LogP contribution in [0, 0.1) is 0 Å². The minimum atomic E-state index is 0.144. The van der Waals surface area contributed by atoms with Crippen LogP contribution in [-0.2, 0) is 4.79 Å². The van der Waals surface area contributed by atoms with Crippen LogP contribution in [0.15, 0.2) is 33.9 Å². The van der Waals surface area contributed by atoms with Crippen LogP contribution in [0.25, 0.3) is 11.5 Å². The number of carbonyl (C=O) groups excluding carboxylic acids is 1. The summed E-state index contributed by atoms with van der Waals surface area (Å²) in [5.74, 6) is 0.982. The van der Waals surface area contributed by atoms with E-state index in [4.69, 9.17) is 4.42 Å². The van der Waals surface area contributed by atoms with E-state index >= 15 is 0 Å². The van der Waals surface area contributed by atoms with Crippen LogP contribution in [0.5, 0.6) is 0 Å². The molecule has 0 radical (unpaired) electrons. The first-order chi connectivity index (χ1) is 12.2. The van der Waals surface area contributed by atoms with Crippen LogP contribution in [0.4, 0.5) is 5.69 Å². The molecule has 1 saturated heterocycles. The zero-order valence-corrected chi connectivity index (χ0v) is 15.6. The van der Waals surface area contributed by atoms with E-state index in [2.05, 4.69) is 41.1 Å². The summed E-state index contributed by atoms with van der Waals surface area (Å²) in [7, 11) is 0. The normalized spacial score (nSPS) is 14.1. The highest BCUT2D eigenvalue weighted by Crippen LogP contribution is 2.25. The smallest absolute Gasteiger partial charge is 0.277 e. The molecule has 134 valence electrons. The Morgan fingerprint density at radius 3 is 2.48 bits per heavy atom. The molecule has 6 nitrogen and oxygen atoms in total. The van der Waals surface area contributed by atoms with E-state index < -0.39 is 0 Å². The Morgan fingerprint density at radius 2 is 1.84 bits per heavy atom. The summed E-state index contributed by atoms with van der Waals surface area (Å²) in [6.07, 6.45) is 2.20. The van der Waals surface area contributed by atoms with Gasteiger partial charge in [-0.2, -0.15) is 0 Å². The Balaban J connectivity index is 1.60. The third kappa shape index (κ3) is 4.34. The van der Waals surface area contributed by atoms with Gasteiger partial charge in [0, 0.05) is 37.4 Å². The second kappa shape index (κ2) is 8.38. The minimum absolute atomic E-state index is 0.144. The summed E-state index contributed by atoms with van der Waals surface area (Å²) in [5, 5.41) is 8.59. The van der Waals surface area contributed by atoms with Gasteiger partial charge in [-0.05, 0) is 51.0 Å². The van der Waals surface area contributed by atoms with Gasteiger partial charge in [-0.1, -0.05) is 11.8 Å². The maximum absolute atomic E-state index is 12.1. The van der Waals surface area contributed by atoms with Crippen LogP contribution in [0.2, 0.25) is 0 Å². The Hall–Kier alpha value is -2.02. The average Bonchev–Trinajstić information content (AvgIpc) is 3.33. The van der Waals surface area contributed by atoms with Crippen molar-refractivity contribution in [2.45, 2.75) is 31.9 Å². The lowest BCUT2D eigenvalue weighted by Gasteiger charge is -2.20. The van der Waals surface area contributed by atoms with E-state index in [1.165, 1.54) is 17.4 Å². The fourth-order valence-electron chi connectivity index (χ4n) is 2.97. The topological polar surface area (TPSA) is 62.5 Å². The second-order valence-electron chi connectivity index (χ2n) is 5.97. The third-order valence-corrected chi connectivity index (χ3v) is 5.23. The van der Waals surface area contributed by atoms with Gasteiger partial charge in [-0.15, -0.1) is 10.2 Å². The lowest BCUT2D eigenvalue weighted by atomic mass is 10.2. The monoisotopic (exact) mass is 360 g/mol. The van der Waals surface area contributed by atoms with Gasteiger partial charge < -0.3 is 14.2 Å². The van der Waals surface area contributed by atoms with Crippen LogP contribution in [-0.4, -0.2) is 52.9 Å². The van der Waals surface area contributed by atoms with Crippen molar-refractivity contribution in [3.8, 4) is 11.5 Å². The number of rotatable bonds is 7. The third-order valence-electron chi connectivity index (χ3n) is 4.43. The molecule has 0 spiro atoms. The zero-order valence-electron chi connectivity index (χ0n) is 14.8. The minimum Gasteiger partial charge on any atom is -0.411 e. The first-order valence-corrected chi connectivity index (χ1v) is 9.79. The molecule has 0 bridgehead atoms. The number of nitrogens with zero attached hydrogens (tertiary/aromatic N) is 4. The van der Waals surface area contributed by atoms with Gasteiger partial charge in [0.05, 0.1) is 5.75 Å². The Labute approximate surface area is 152 Å². The number of likely N-dealkylation sites (tertiary alicyclic amines) is 1. The maximum Gasteiger partial charge on any atom is 0.277 e. The second-order valence-corrected chi connectivity index (χ2v) is 6.90. The number of amides is 1. The van der Waals surface area contributed by atoms with Gasteiger partial charge in [0.2, 0.25) is 11.8 Å². The van der Waals surface area contributed by atoms with Gasteiger partial charge >= 0.3 is 0 Å². The molecular formula is C18H24N4O2S. The van der Waals surface area contributed by atoms with E-state index in [9.17, 15) is 4.79 Å². The molecule has 0 atom stereocenters. The molecule has 3 rings (SSSR count). The molecule has 0 unspecified atom stereocenters. The van der Waals surface area contributed by atoms with Gasteiger partial charge in [0.15, 0.2) is 0 Å². The standard InChI is InChI=1S/C18H24N4O2S/c1-3-21(4-2)15-9-7-14(8-10-15)17-19-20-18(24-17)25-13-16(23)22-11-5-6-12-22/h7-10H,3-6,11-13H2,1-2H3. The number of hydrogen-bond acceptors (Lipinski definition) is 6. The number of anilines is 1. The first kappa shape index (κ1) is 17.8. The fraction of sp³-hybridized carbons (Fsp3) is 0.500. The molecule has 1 aromatic heterocycles. The van der Waals surface area contributed by atoms with Crippen molar-refractivity contribution in [2.75, 3.05) is 36.8 Å². The summed E-state index contributed by atoms with van der Waals surface area (Å²) in [5.41, 5.74) is 2.07. The first-order valence-electron chi connectivity index (χ1n) is 8.80. The molecule has 7 heteroatoms. The number of thioether (sulfide) groups is 1. The van der Waals surface area contributed by atoms with Crippen LogP contribution >= 0.6 is 11.8 Å². The SMILES string of the molecule is CCN(CC)c1ccc(-c2nnc(SCC(=O)N3CCCC3)o2)cc1. The van der Waals surface area contributed by atoms with E-state index in [-0.39, 0.29) is 5.91 Å². The molecule has 1 fully saturated rings. The quantitative estimate of drug-likeness (QED) is 0.706. The molecule has 1 aliphatic rings. The van der Waals surface area contributed by atoms with Crippen molar-refractivity contribution in [1.29, 1.82) is 0 Å². The lowest BCUT2D eigenvalue weighted by molar-refractivity contribution is -0.127. The average molecular weight is 360 g/mol. The van der Waals surface area contributed by atoms with E-state index in [1.807, 2.05) is 17.0 Å².